The van der Waals surface area contributed by atoms with Crippen LogP contribution in [0.5, 0.6) is 0 Å². The van der Waals surface area contributed by atoms with Crippen LogP contribution in [0.3, 0.4) is 0 Å². The van der Waals surface area contributed by atoms with E-state index in [0.29, 0.717) is 0 Å². The second-order valence-corrected chi connectivity index (χ2v) is 11.4. The molecule has 0 saturated carbocycles. The van der Waals surface area contributed by atoms with Crippen LogP contribution < -0.4 is 0 Å². The van der Waals surface area contributed by atoms with Gasteiger partial charge in [0.25, 0.3) is 0 Å². The fraction of sp³-hybridized carbons (Fsp3) is 0.283. The van der Waals surface area contributed by atoms with Crippen LogP contribution in [0.1, 0.15) is 114 Å². The molecule has 47 heavy (non-hydrogen) atoms. The Morgan fingerprint density at radius 2 is 1.30 bits per heavy atom. The second-order valence-electron chi connectivity index (χ2n) is 11.4. The normalized spacial score (nSPS) is 14.3. The Morgan fingerprint density at radius 1 is 0.638 bits per heavy atom. The van der Waals surface area contributed by atoms with Crippen molar-refractivity contribution in [1.29, 1.82) is 0 Å². The van der Waals surface area contributed by atoms with E-state index in [0.717, 1.165) is 37.8 Å². The van der Waals surface area contributed by atoms with Crippen molar-refractivity contribution in [3.8, 4) is 11.1 Å². The van der Waals surface area contributed by atoms with Gasteiger partial charge in [0, 0.05) is 6.20 Å². The maximum atomic E-state index is 4.63. The van der Waals surface area contributed by atoms with Crippen LogP contribution in [0, 0.1) is 0 Å². The number of hydrogen-bond donors (Lipinski definition) is 0. The van der Waals surface area contributed by atoms with Crippen molar-refractivity contribution in [2.24, 2.45) is 0 Å². The molecule has 0 unspecified atom stereocenters. The summed E-state index contributed by atoms with van der Waals surface area (Å²) in [5.41, 5.74) is 18.8. The smallest absolute Gasteiger partial charge is 0.0664 e. The van der Waals surface area contributed by atoms with Crippen LogP contribution in [-0.2, 0) is 12.8 Å². The summed E-state index contributed by atoms with van der Waals surface area (Å²) in [6.07, 6.45) is 18.9. The first-order chi connectivity index (χ1) is 23.2. The van der Waals surface area contributed by atoms with E-state index in [1.807, 2.05) is 53.8 Å². The number of aromatic nitrogens is 1. The van der Waals surface area contributed by atoms with Crippen LogP contribution in [0.15, 0.2) is 121 Å². The molecule has 3 aromatic carbocycles. The quantitative estimate of drug-likeness (QED) is 0.217. The predicted octanol–water partition coefficient (Wildman–Crippen LogP) is 13.4. The first-order valence-corrected chi connectivity index (χ1v) is 18.0. The molecule has 3 aliphatic carbocycles. The fourth-order valence-electron chi connectivity index (χ4n) is 6.69. The molecule has 1 nitrogen and oxygen atoms in total. The van der Waals surface area contributed by atoms with Gasteiger partial charge in [0.2, 0.25) is 0 Å². The summed E-state index contributed by atoms with van der Waals surface area (Å²) in [7, 11) is 0. The maximum Gasteiger partial charge on any atom is 0.0664 e. The minimum Gasteiger partial charge on any atom is -0.257 e. The van der Waals surface area contributed by atoms with E-state index < -0.39 is 0 Å². The number of hydrogen-bond acceptors (Lipinski definition) is 1. The van der Waals surface area contributed by atoms with E-state index >= 15 is 0 Å². The molecule has 0 N–H and O–H groups in total. The third-order valence-corrected chi connectivity index (χ3v) is 8.96. The summed E-state index contributed by atoms with van der Waals surface area (Å²) in [4.78, 5) is 4.63. The highest BCUT2D eigenvalue weighted by atomic mass is 14.7. The lowest BCUT2D eigenvalue weighted by Gasteiger charge is -2.24. The molecule has 4 aromatic rings. The molecule has 0 radical (unpaired) electrons. The number of pyridine rings is 1. The molecule has 1 heterocycles. The van der Waals surface area contributed by atoms with E-state index in [-0.39, 0.29) is 0 Å². The zero-order valence-corrected chi connectivity index (χ0v) is 30.0. The minimum atomic E-state index is 0.996. The van der Waals surface area contributed by atoms with Gasteiger partial charge < -0.3 is 0 Å². The van der Waals surface area contributed by atoms with Crippen molar-refractivity contribution in [2.45, 2.75) is 87.5 Å². The number of allylic oxidation sites excluding steroid dienone is 8. The molecular weight excluding hydrogens is 567 g/mol. The van der Waals surface area contributed by atoms with E-state index in [9.17, 15) is 0 Å². The maximum absolute atomic E-state index is 4.63. The summed E-state index contributed by atoms with van der Waals surface area (Å²) >= 11 is 0. The van der Waals surface area contributed by atoms with Crippen molar-refractivity contribution in [3.63, 3.8) is 0 Å². The van der Waals surface area contributed by atoms with Crippen LogP contribution in [0.2, 0.25) is 0 Å². The highest BCUT2D eigenvalue weighted by Crippen LogP contribution is 2.45. The Kier molecular flexibility index (Phi) is 13.1. The molecular formula is C46H53N. The summed E-state index contributed by atoms with van der Waals surface area (Å²) < 4.78 is 0. The largest absolute Gasteiger partial charge is 0.257 e. The molecule has 0 aliphatic heterocycles. The SMILES string of the molecule is CC.CC.CC.CCc1cccnc1/C=C(\C)C1=CC=C(c2ccc(C3=CC=C4Cc5c3cccc5-c3ccccc34)cc2)CCC1. The summed E-state index contributed by atoms with van der Waals surface area (Å²) in [5.74, 6) is 0. The second kappa shape index (κ2) is 17.4. The number of aryl methyl sites for hydroxylation is 1. The molecule has 0 spiro atoms. The van der Waals surface area contributed by atoms with Crippen LogP contribution in [0.25, 0.3) is 33.9 Å². The van der Waals surface area contributed by atoms with Gasteiger partial charge in [-0.05, 0) is 124 Å². The first-order valence-electron chi connectivity index (χ1n) is 18.0. The Balaban J connectivity index is 0.000000790. The van der Waals surface area contributed by atoms with Gasteiger partial charge in [-0.3, -0.25) is 4.98 Å². The third kappa shape index (κ3) is 7.74. The van der Waals surface area contributed by atoms with E-state index in [4.69, 9.17) is 0 Å². The predicted molar refractivity (Wildman–Crippen MR) is 208 cm³/mol. The molecule has 242 valence electrons. The number of rotatable bonds is 5. The van der Waals surface area contributed by atoms with Crippen LogP contribution in [-0.4, -0.2) is 4.98 Å². The van der Waals surface area contributed by atoms with Crippen molar-refractivity contribution in [3.05, 3.63) is 160 Å². The van der Waals surface area contributed by atoms with Gasteiger partial charge in [0.1, 0.15) is 0 Å². The molecule has 2 bridgehead atoms. The van der Waals surface area contributed by atoms with E-state index in [1.165, 1.54) is 72.4 Å². The summed E-state index contributed by atoms with van der Waals surface area (Å²) in [5, 5.41) is 0. The zero-order chi connectivity index (χ0) is 33.8. The topological polar surface area (TPSA) is 12.9 Å². The first kappa shape index (κ1) is 35.4. The van der Waals surface area contributed by atoms with Gasteiger partial charge >= 0.3 is 0 Å². The highest BCUT2D eigenvalue weighted by Gasteiger charge is 2.25. The Morgan fingerprint density at radius 3 is 2.04 bits per heavy atom. The van der Waals surface area contributed by atoms with Crippen molar-refractivity contribution in [1.82, 2.24) is 4.98 Å². The number of nitrogens with zero attached hydrogens (tertiary/aromatic N) is 1. The molecule has 0 atom stereocenters. The fourth-order valence-corrected chi connectivity index (χ4v) is 6.69. The molecule has 0 amide bonds. The van der Waals surface area contributed by atoms with Gasteiger partial charge in [0.05, 0.1) is 5.69 Å². The van der Waals surface area contributed by atoms with Crippen molar-refractivity contribution >= 4 is 22.8 Å². The molecule has 3 aliphatic rings. The molecule has 7 rings (SSSR count). The van der Waals surface area contributed by atoms with Crippen LogP contribution >= 0.6 is 0 Å². The Hall–Kier alpha value is -4.49. The Bertz CT molecular complexity index is 1800. The van der Waals surface area contributed by atoms with Gasteiger partial charge in [-0.15, -0.1) is 0 Å². The average Bonchev–Trinajstić information content (AvgIpc) is 3.52. The van der Waals surface area contributed by atoms with Crippen molar-refractivity contribution < 1.29 is 0 Å². The minimum absolute atomic E-state index is 0.996. The van der Waals surface area contributed by atoms with Crippen molar-refractivity contribution in [2.75, 3.05) is 0 Å². The lowest BCUT2D eigenvalue weighted by atomic mass is 9.80. The third-order valence-electron chi connectivity index (χ3n) is 8.96. The lowest BCUT2D eigenvalue weighted by Crippen LogP contribution is -2.05. The highest BCUT2D eigenvalue weighted by molar-refractivity contribution is 5.96. The van der Waals surface area contributed by atoms with Gasteiger partial charge in [-0.1, -0.05) is 146 Å². The van der Waals surface area contributed by atoms with Crippen LogP contribution in [0.4, 0.5) is 0 Å². The molecule has 1 aromatic heterocycles. The van der Waals surface area contributed by atoms with E-state index in [1.54, 1.807) is 0 Å². The summed E-state index contributed by atoms with van der Waals surface area (Å²) in [6, 6.07) is 29.1. The average molecular weight is 620 g/mol. The monoisotopic (exact) mass is 619 g/mol. The molecule has 1 heteroatoms. The molecule has 0 fully saturated rings. The van der Waals surface area contributed by atoms with Gasteiger partial charge in [0.15, 0.2) is 0 Å². The summed E-state index contributed by atoms with van der Waals surface area (Å²) in [6.45, 7) is 16.4. The van der Waals surface area contributed by atoms with Gasteiger partial charge in [-0.25, -0.2) is 0 Å². The van der Waals surface area contributed by atoms with Gasteiger partial charge in [-0.2, -0.15) is 0 Å². The standard InChI is InChI=1S/C40H35N.3C2H6/c1-3-28-11-8-24-41-40(28)25-27(2)29-9-6-10-30(17-16-29)31-18-20-32(21-19-31)35-23-22-33-26-39-37(35)14-7-15-38(39)36-13-5-4-12-34(33)36;3*1-2/h4-5,7-8,11-25H,3,6,9-10,26H2,1-2H3;3*1-2H3/b27-25+;;;. The number of fused-ring (bicyclic) bond motifs is 4. The lowest BCUT2D eigenvalue weighted by molar-refractivity contribution is 0.855. The Labute approximate surface area is 285 Å². The molecule has 0 saturated heterocycles. The van der Waals surface area contributed by atoms with E-state index in [2.05, 4.69) is 122 Å². The number of benzene rings is 3. The zero-order valence-electron chi connectivity index (χ0n) is 30.0.